The fraction of sp³-hybridized carbons (Fsp3) is 0.419. The summed E-state index contributed by atoms with van der Waals surface area (Å²) in [5.41, 5.74) is 4.37. The lowest BCUT2D eigenvalue weighted by Crippen LogP contribution is -2.47. The van der Waals surface area contributed by atoms with Gasteiger partial charge in [-0.25, -0.2) is 0 Å². The minimum absolute atomic E-state index is 0.126. The van der Waals surface area contributed by atoms with E-state index in [1.165, 1.54) is 31.5 Å². The van der Waals surface area contributed by atoms with Gasteiger partial charge in [0, 0.05) is 36.7 Å². The van der Waals surface area contributed by atoms with Gasteiger partial charge in [0.2, 0.25) is 0 Å². The van der Waals surface area contributed by atoms with Crippen molar-refractivity contribution < 1.29 is 9.84 Å². The van der Waals surface area contributed by atoms with Gasteiger partial charge >= 0.3 is 0 Å². The Morgan fingerprint density at radius 3 is 2.03 bits per heavy atom. The third-order valence-electron chi connectivity index (χ3n) is 7.81. The van der Waals surface area contributed by atoms with Gasteiger partial charge in [-0.15, -0.1) is 0 Å². The monoisotopic (exact) mass is 470 g/mol. The van der Waals surface area contributed by atoms with Crippen LogP contribution in [0, 0.1) is 0 Å². The lowest BCUT2D eigenvalue weighted by Gasteiger charge is -2.39. The van der Waals surface area contributed by atoms with E-state index in [0.29, 0.717) is 12.1 Å². The van der Waals surface area contributed by atoms with Crippen LogP contribution in [-0.4, -0.2) is 53.2 Å². The van der Waals surface area contributed by atoms with Crippen molar-refractivity contribution in [3.05, 3.63) is 101 Å². The molecule has 1 N–H and O–H groups in total. The number of hydrogen-bond donors (Lipinski definition) is 1. The Labute approximate surface area is 210 Å². The smallest absolute Gasteiger partial charge is 0.123 e. The second-order valence-electron chi connectivity index (χ2n) is 10.3. The molecule has 2 aliphatic rings. The number of aliphatic hydroxyl groups is 1. The van der Waals surface area contributed by atoms with Gasteiger partial charge in [0.25, 0.3) is 0 Å². The highest BCUT2D eigenvalue weighted by atomic mass is 16.5. The third-order valence-corrected chi connectivity index (χ3v) is 7.81. The predicted octanol–water partition coefficient (Wildman–Crippen LogP) is 5.62. The summed E-state index contributed by atoms with van der Waals surface area (Å²) in [6.45, 7) is 9.47. The number of ether oxygens (including phenoxy) is 1. The third kappa shape index (κ3) is 5.45. The summed E-state index contributed by atoms with van der Waals surface area (Å²) < 4.78 is 6.16. The summed E-state index contributed by atoms with van der Waals surface area (Å²) in [7, 11) is 0. The van der Waals surface area contributed by atoms with Gasteiger partial charge in [0.15, 0.2) is 0 Å². The van der Waals surface area contributed by atoms with E-state index >= 15 is 0 Å². The van der Waals surface area contributed by atoms with E-state index in [4.69, 9.17) is 4.74 Å². The molecule has 0 unspecified atom stereocenters. The Bertz CT molecular complexity index is 1040. The maximum atomic E-state index is 11.7. The van der Waals surface area contributed by atoms with Crippen LogP contribution in [0.4, 0.5) is 0 Å². The van der Waals surface area contributed by atoms with E-state index in [-0.39, 0.29) is 5.92 Å². The molecule has 3 aromatic carbocycles. The molecule has 5 rings (SSSR count). The second-order valence-corrected chi connectivity index (χ2v) is 10.3. The first-order valence-corrected chi connectivity index (χ1v) is 13.1. The number of nitrogens with zero attached hydrogens (tertiary/aromatic N) is 2. The molecular weight excluding hydrogens is 432 g/mol. The molecule has 1 atom stereocenters. The van der Waals surface area contributed by atoms with Crippen LogP contribution in [0.2, 0.25) is 0 Å². The summed E-state index contributed by atoms with van der Waals surface area (Å²) in [5.74, 6) is 0.831. The summed E-state index contributed by atoms with van der Waals surface area (Å²) >= 11 is 0. The standard InChI is InChI=1S/C31H38N2O2/c1-23(2)32-17-15-28(16-18-32)33-19-20-35-29-14-13-26(21-27(29)22-33)31(34)30(24-9-5-3-6-10-24)25-11-7-4-8-12-25/h3-14,21,23,28,30-31,34H,15-20,22H2,1-2H3/t31-/m1/s1. The van der Waals surface area contributed by atoms with E-state index < -0.39 is 6.10 Å². The molecule has 4 heteroatoms. The summed E-state index contributed by atoms with van der Waals surface area (Å²) in [5, 5.41) is 11.7. The summed E-state index contributed by atoms with van der Waals surface area (Å²) in [4.78, 5) is 5.19. The first-order valence-electron chi connectivity index (χ1n) is 13.1. The molecule has 184 valence electrons. The second kappa shape index (κ2) is 10.9. The molecule has 0 bridgehead atoms. The van der Waals surface area contributed by atoms with Gasteiger partial charge in [-0.1, -0.05) is 66.7 Å². The average molecular weight is 471 g/mol. The lowest BCUT2D eigenvalue weighted by molar-refractivity contribution is 0.0832. The van der Waals surface area contributed by atoms with E-state index in [1.54, 1.807) is 0 Å². The highest BCUT2D eigenvalue weighted by molar-refractivity contribution is 5.42. The average Bonchev–Trinajstić information content (AvgIpc) is 3.12. The fourth-order valence-corrected chi connectivity index (χ4v) is 5.77. The summed E-state index contributed by atoms with van der Waals surface area (Å²) in [6, 6.07) is 28.2. The van der Waals surface area contributed by atoms with E-state index in [0.717, 1.165) is 42.1 Å². The van der Waals surface area contributed by atoms with Crippen molar-refractivity contribution in [2.45, 2.75) is 57.3 Å². The SMILES string of the molecule is CC(C)N1CCC(N2CCOc3ccc([C@@H](O)C(c4ccccc4)c4ccccc4)cc3C2)CC1. The van der Waals surface area contributed by atoms with Crippen LogP contribution < -0.4 is 4.74 Å². The fourth-order valence-electron chi connectivity index (χ4n) is 5.77. The molecule has 0 aromatic heterocycles. The van der Waals surface area contributed by atoms with Crippen molar-refractivity contribution in [3.63, 3.8) is 0 Å². The predicted molar refractivity (Wildman–Crippen MR) is 142 cm³/mol. The Kier molecular flexibility index (Phi) is 7.52. The van der Waals surface area contributed by atoms with Crippen LogP contribution in [0.3, 0.4) is 0 Å². The Morgan fingerprint density at radius 1 is 0.800 bits per heavy atom. The van der Waals surface area contributed by atoms with Gasteiger partial charge in [-0.2, -0.15) is 0 Å². The molecule has 0 spiro atoms. The topological polar surface area (TPSA) is 35.9 Å². The molecule has 0 saturated carbocycles. The van der Waals surface area contributed by atoms with Crippen molar-refractivity contribution >= 4 is 0 Å². The summed E-state index contributed by atoms with van der Waals surface area (Å²) in [6.07, 6.45) is 1.77. The number of rotatable bonds is 6. The molecular formula is C31H38N2O2. The van der Waals surface area contributed by atoms with E-state index in [9.17, 15) is 5.11 Å². The minimum Gasteiger partial charge on any atom is -0.492 e. The molecule has 0 amide bonds. The van der Waals surface area contributed by atoms with Crippen LogP contribution in [-0.2, 0) is 6.54 Å². The number of aliphatic hydroxyl groups excluding tert-OH is 1. The van der Waals surface area contributed by atoms with Crippen LogP contribution in [0.15, 0.2) is 78.9 Å². The molecule has 2 aliphatic heterocycles. The zero-order valence-electron chi connectivity index (χ0n) is 21.0. The largest absolute Gasteiger partial charge is 0.492 e. The van der Waals surface area contributed by atoms with Crippen LogP contribution in [0.5, 0.6) is 5.75 Å². The molecule has 0 radical (unpaired) electrons. The number of fused-ring (bicyclic) bond motifs is 1. The quantitative estimate of drug-likeness (QED) is 0.507. The van der Waals surface area contributed by atoms with Gasteiger partial charge < -0.3 is 14.7 Å². The number of likely N-dealkylation sites (tertiary alicyclic amines) is 1. The number of benzene rings is 3. The normalized spacial score (nSPS) is 18.8. The van der Waals surface area contributed by atoms with Crippen molar-refractivity contribution in [3.8, 4) is 5.75 Å². The molecule has 4 nitrogen and oxygen atoms in total. The van der Waals surface area contributed by atoms with Gasteiger partial charge in [-0.05, 0) is 68.6 Å². The highest BCUT2D eigenvalue weighted by Gasteiger charge is 2.29. The van der Waals surface area contributed by atoms with Gasteiger partial charge in [-0.3, -0.25) is 4.90 Å². The molecule has 0 aliphatic carbocycles. The Morgan fingerprint density at radius 2 is 1.43 bits per heavy atom. The highest BCUT2D eigenvalue weighted by Crippen LogP contribution is 2.38. The Balaban J connectivity index is 1.39. The van der Waals surface area contributed by atoms with Gasteiger partial charge in [0.05, 0.1) is 6.10 Å². The molecule has 3 aromatic rings. The molecule has 2 heterocycles. The molecule has 1 saturated heterocycles. The first kappa shape index (κ1) is 24.1. The molecule has 1 fully saturated rings. The molecule has 35 heavy (non-hydrogen) atoms. The van der Waals surface area contributed by atoms with Crippen molar-refractivity contribution in [1.82, 2.24) is 9.80 Å². The van der Waals surface area contributed by atoms with Crippen molar-refractivity contribution in [2.24, 2.45) is 0 Å². The maximum absolute atomic E-state index is 11.7. The lowest BCUT2D eigenvalue weighted by atomic mass is 9.83. The van der Waals surface area contributed by atoms with Crippen molar-refractivity contribution in [2.75, 3.05) is 26.2 Å². The maximum Gasteiger partial charge on any atom is 0.123 e. The van der Waals surface area contributed by atoms with E-state index in [2.05, 4.69) is 60.0 Å². The van der Waals surface area contributed by atoms with Crippen LogP contribution >= 0.6 is 0 Å². The van der Waals surface area contributed by atoms with Crippen LogP contribution in [0.1, 0.15) is 61.0 Å². The zero-order chi connectivity index (χ0) is 24.2. The minimum atomic E-state index is -0.643. The van der Waals surface area contributed by atoms with Crippen molar-refractivity contribution in [1.29, 1.82) is 0 Å². The van der Waals surface area contributed by atoms with E-state index in [1.807, 2.05) is 42.5 Å². The Hall–Kier alpha value is -2.66. The number of piperidine rings is 1. The first-order chi connectivity index (χ1) is 17.1. The number of hydrogen-bond acceptors (Lipinski definition) is 4. The van der Waals surface area contributed by atoms with Crippen LogP contribution in [0.25, 0.3) is 0 Å². The zero-order valence-corrected chi connectivity index (χ0v) is 21.0. The van der Waals surface area contributed by atoms with Gasteiger partial charge in [0.1, 0.15) is 12.4 Å².